The molecule has 0 bridgehead atoms. The molecule has 1 N–H and O–H groups in total. The number of methoxy groups -OCH3 is 1. The lowest BCUT2D eigenvalue weighted by Crippen LogP contribution is -2.14. The Morgan fingerprint density at radius 3 is 2.90 bits per heavy atom. The molecule has 0 spiro atoms. The molecule has 0 saturated heterocycles. The van der Waals surface area contributed by atoms with Crippen LogP contribution >= 0.6 is 22.7 Å². The van der Waals surface area contributed by atoms with Gasteiger partial charge in [-0.2, -0.15) is 0 Å². The van der Waals surface area contributed by atoms with E-state index in [1.165, 1.54) is 21.6 Å². The highest BCUT2D eigenvalue weighted by atomic mass is 32.1. The van der Waals surface area contributed by atoms with Crippen LogP contribution in [0.5, 0.6) is 5.75 Å². The normalized spacial score (nSPS) is 15.6. The number of fused-ring (bicyclic) bond motifs is 2. The minimum absolute atomic E-state index is 0.0118. The molecule has 0 radical (unpaired) electrons. The molecule has 4 nitrogen and oxygen atoms in total. The summed E-state index contributed by atoms with van der Waals surface area (Å²) in [6.07, 6.45) is 3.61. The first kappa shape index (κ1) is 20.2. The summed E-state index contributed by atoms with van der Waals surface area (Å²) in [4.78, 5) is 19.3. The van der Waals surface area contributed by atoms with Crippen LogP contribution in [-0.2, 0) is 24.1 Å². The fourth-order valence-corrected chi connectivity index (χ4v) is 6.72. The number of anilines is 1. The summed E-state index contributed by atoms with van der Waals surface area (Å²) in [7, 11) is 1.64. The number of nitrogens with one attached hydrogen (secondary N) is 1. The molecule has 1 amide bonds. The monoisotopic (exact) mass is 448 g/mol. The lowest BCUT2D eigenvalue weighted by atomic mass is 9.88. The van der Waals surface area contributed by atoms with Crippen molar-refractivity contribution in [3.63, 3.8) is 0 Å². The van der Waals surface area contributed by atoms with Crippen LogP contribution in [0.15, 0.2) is 48.5 Å². The van der Waals surface area contributed by atoms with Gasteiger partial charge >= 0.3 is 0 Å². The number of aromatic nitrogens is 1. The molecule has 4 aromatic rings. The molecule has 0 aliphatic heterocycles. The summed E-state index contributed by atoms with van der Waals surface area (Å²) in [5.41, 5.74) is 4.46. The highest BCUT2D eigenvalue weighted by Crippen LogP contribution is 2.47. The number of hydrogen-bond acceptors (Lipinski definition) is 5. The van der Waals surface area contributed by atoms with Crippen molar-refractivity contribution >= 4 is 43.8 Å². The number of nitrogens with zero attached hydrogens (tertiary/aromatic N) is 1. The van der Waals surface area contributed by atoms with Gasteiger partial charge in [0.2, 0.25) is 5.91 Å². The van der Waals surface area contributed by atoms with Crippen molar-refractivity contribution < 1.29 is 9.53 Å². The molecule has 2 aromatic carbocycles. The third-order valence-corrected chi connectivity index (χ3v) is 7.99. The molecule has 0 saturated carbocycles. The highest BCUT2D eigenvalue weighted by molar-refractivity contribution is 7.22. The predicted molar refractivity (Wildman–Crippen MR) is 129 cm³/mol. The van der Waals surface area contributed by atoms with Gasteiger partial charge in [-0.25, -0.2) is 4.98 Å². The van der Waals surface area contributed by atoms with Crippen LogP contribution in [0.4, 0.5) is 5.00 Å². The first-order valence-electron chi connectivity index (χ1n) is 10.5. The first-order valence-corrected chi connectivity index (χ1v) is 12.2. The van der Waals surface area contributed by atoms with E-state index in [0.717, 1.165) is 45.2 Å². The van der Waals surface area contributed by atoms with Crippen LogP contribution in [0.2, 0.25) is 0 Å². The molecular formula is C25H24N2O2S2. The molecule has 1 unspecified atom stereocenters. The minimum Gasteiger partial charge on any atom is -0.497 e. The van der Waals surface area contributed by atoms with Crippen LogP contribution in [0.3, 0.4) is 0 Å². The number of thiophene rings is 1. The Morgan fingerprint density at radius 1 is 1.19 bits per heavy atom. The maximum absolute atomic E-state index is 13.0. The number of benzene rings is 2. The van der Waals surface area contributed by atoms with Crippen LogP contribution in [0, 0.1) is 5.92 Å². The number of para-hydroxylation sites is 1. The van der Waals surface area contributed by atoms with Gasteiger partial charge in [0.1, 0.15) is 15.8 Å². The largest absolute Gasteiger partial charge is 0.497 e. The molecule has 5 rings (SSSR count). The van der Waals surface area contributed by atoms with E-state index in [0.29, 0.717) is 12.3 Å². The van der Waals surface area contributed by atoms with Gasteiger partial charge in [0.15, 0.2) is 0 Å². The molecule has 0 fully saturated rings. The van der Waals surface area contributed by atoms with E-state index in [1.807, 2.05) is 36.4 Å². The highest BCUT2D eigenvalue weighted by Gasteiger charge is 2.27. The van der Waals surface area contributed by atoms with E-state index in [4.69, 9.17) is 9.72 Å². The van der Waals surface area contributed by atoms with Crippen molar-refractivity contribution in [3.8, 4) is 16.3 Å². The smallest absolute Gasteiger partial charge is 0.229 e. The Morgan fingerprint density at radius 2 is 2.06 bits per heavy atom. The first-order chi connectivity index (χ1) is 15.1. The summed E-state index contributed by atoms with van der Waals surface area (Å²) >= 11 is 3.43. The molecule has 1 aliphatic carbocycles. The lowest BCUT2D eigenvalue weighted by molar-refractivity contribution is -0.115. The summed E-state index contributed by atoms with van der Waals surface area (Å²) in [6.45, 7) is 2.31. The van der Waals surface area contributed by atoms with E-state index < -0.39 is 0 Å². The Labute approximate surface area is 189 Å². The maximum atomic E-state index is 13.0. The number of carbonyl (C=O) groups is 1. The van der Waals surface area contributed by atoms with E-state index in [1.54, 1.807) is 29.8 Å². The van der Waals surface area contributed by atoms with Gasteiger partial charge in [-0.3, -0.25) is 4.79 Å². The zero-order valence-electron chi connectivity index (χ0n) is 17.6. The van der Waals surface area contributed by atoms with Gasteiger partial charge < -0.3 is 10.1 Å². The fourth-order valence-electron chi connectivity index (χ4n) is 4.18. The average Bonchev–Trinajstić information content (AvgIpc) is 3.33. The van der Waals surface area contributed by atoms with Crippen molar-refractivity contribution in [2.45, 2.75) is 32.6 Å². The summed E-state index contributed by atoms with van der Waals surface area (Å²) < 4.78 is 6.47. The number of carbonyl (C=O) groups excluding carboxylic acids is 1. The predicted octanol–water partition coefficient (Wildman–Crippen LogP) is 6.34. The minimum atomic E-state index is -0.0118. The zero-order chi connectivity index (χ0) is 21.4. The lowest BCUT2D eigenvalue weighted by Gasteiger charge is -2.18. The van der Waals surface area contributed by atoms with E-state index in [2.05, 4.69) is 24.4 Å². The third-order valence-electron chi connectivity index (χ3n) is 5.77. The van der Waals surface area contributed by atoms with Gasteiger partial charge in [-0.05, 0) is 60.6 Å². The average molecular weight is 449 g/mol. The zero-order valence-corrected chi connectivity index (χ0v) is 19.2. The molecule has 1 atom stereocenters. The van der Waals surface area contributed by atoms with Crippen molar-refractivity contribution in [2.24, 2.45) is 5.92 Å². The summed E-state index contributed by atoms with van der Waals surface area (Å²) in [5, 5.41) is 5.16. The molecule has 6 heteroatoms. The Bertz CT molecular complexity index is 1220. The second-order valence-electron chi connectivity index (χ2n) is 8.12. The summed E-state index contributed by atoms with van der Waals surface area (Å²) in [5.74, 6) is 1.43. The Kier molecular flexibility index (Phi) is 5.50. The fraction of sp³-hybridized carbons (Fsp3) is 0.280. The Balaban J connectivity index is 1.49. The second-order valence-corrected chi connectivity index (χ2v) is 10.3. The van der Waals surface area contributed by atoms with Crippen LogP contribution < -0.4 is 10.1 Å². The van der Waals surface area contributed by atoms with Crippen LogP contribution in [0.25, 0.3) is 20.8 Å². The standard InChI is InChI=1S/C25H24N2O2S2/c1-15-10-11-18-21(12-15)31-25(23(18)24-26-19-8-3-4-9-20(19)30-24)27-22(28)14-16-6-5-7-17(13-16)29-2/h3-9,13,15H,10-12,14H2,1-2H3,(H,27,28). The van der Waals surface area contributed by atoms with Gasteiger partial charge in [0, 0.05) is 10.4 Å². The second kappa shape index (κ2) is 8.44. The molecule has 2 aromatic heterocycles. The van der Waals surface area contributed by atoms with Gasteiger partial charge in [-0.1, -0.05) is 31.2 Å². The van der Waals surface area contributed by atoms with Crippen molar-refractivity contribution in [1.29, 1.82) is 0 Å². The van der Waals surface area contributed by atoms with E-state index in [-0.39, 0.29) is 5.91 Å². The van der Waals surface area contributed by atoms with Crippen molar-refractivity contribution in [1.82, 2.24) is 4.98 Å². The quantitative estimate of drug-likeness (QED) is 0.388. The van der Waals surface area contributed by atoms with Crippen molar-refractivity contribution in [2.75, 3.05) is 12.4 Å². The maximum Gasteiger partial charge on any atom is 0.229 e. The number of hydrogen-bond donors (Lipinski definition) is 1. The van der Waals surface area contributed by atoms with Crippen LogP contribution in [0.1, 0.15) is 29.3 Å². The van der Waals surface area contributed by atoms with E-state index in [9.17, 15) is 4.79 Å². The Hall–Kier alpha value is -2.70. The van der Waals surface area contributed by atoms with Gasteiger partial charge in [-0.15, -0.1) is 22.7 Å². The number of rotatable bonds is 5. The van der Waals surface area contributed by atoms with Crippen LogP contribution in [-0.4, -0.2) is 18.0 Å². The molecule has 1 aliphatic rings. The summed E-state index contributed by atoms with van der Waals surface area (Å²) in [6, 6.07) is 15.9. The van der Waals surface area contributed by atoms with Gasteiger partial charge in [0.25, 0.3) is 0 Å². The SMILES string of the molecule is COc1cccc(CC(=O)Nc2sc3c(c2-c2nc4ccccc4s2)CCC(C)C3)c1. The molecule has 158 valence electrons. The molecule has 2 heterocycles. The third kappa shape index (κ3) is 4.10. The van der Waals surface area contributed by atoms with Crippen molar-refractivity contribution in [3.05, 3.63) is 64.5 Å². The van der Waals surface area contributed by atoms with Gasteiger partial charge in [0.05, 0.1) is 23.7 Å². The number of ether oxygens (including phenoxy) is 1. The molecule has 31 heavy (non-hydrogen) atoms. The number of thiazole rings is 1. The molecular weight excluding hydrogens is 424 g/mol. The van der Waals surface area contributed by atoms with E-state index >= 15 is 0 Å². The topological polar surface area (TPSA) is 51.2 Å². The number of amides is 1.